The van der Waals surface area contributed by atoms with Crippen LogP contribution in [-0.4, -0.2) is 43.7 Å². The number of ether oxygens (including phenoxy) is 1. The molecule has 0 aromatic heterocycles. The molecule has 104 valence electrons. The zero-order chi connectivity index (χ0) is 13.8. The molecule has 1 amide bonds. The highest BCUT2D eigenvalue weighted by molar-refractivity contribution is 9.10. The lowest BCUT2D eigenvalue weighted by Crippen LogP contribution is -2.51. The minimum Gasteiger partial charge on any atom is -0.378 e. The van der Waals surface area contributed by atoms with Crippen LogP contribution < -0.4 is 5.32 Å². The average molecular weight is 327 g/mol. The third kappa shape index (κ3) is 3.78. The van der Waals surface area contributed by atoms with Gasteiger partial charge in [0.2, 0.25) is 5.91 Å². The molecule has 1 unspecified atom stereocenters. The highest BCUT2D eigenvalue weighted by Gasteiger charge is 2.24. The molecule has 1 fully saturated rings. The van der Waals surface area contributed by atoms with Gasteiger partial charge in [0.25, 0.3) is 0 Å². The number of hydrogen-bond acceptors (Lipinski definition) is 3. The van der Waals surface area contributed by atoms with Crippen LogP contribution in [0.25, 0.3) is 0 Å². The summed E-state index contributed by atoms with van der Waals surface area (Å²) in [4.78, 5) is 14.0. The summed E-state index contributed by atoms with van der Waals surface area (Å²) in [5.41, 5.74) is 2.35. The number of nitrogens with one attached hydrogen (secondary N) is 1. The highest BCUT2D eigenvalue weighted by atomic mass is 79.9. The second-order valence-electron chi connectivity index (χ2n) is 4.85. The average Bonchev–Trinajstić information content (AvgIpc) is 2.43. The number of nitrogens with zero attached hydrogens (tertiary/aromatic N) is 1. The first kappa shape index (κ1) is 14.5. The van der Waals surface area contributed by atoms with Crippen molar-refractivity contribution < 1.29 is 9.53 Å². The van der Waals surface area contributed by atoms with Crippen molar-refractivity contribution in [2.75, 3.05) is 26.8 Å². The van der Waals surface area contributed by atoms with Gasteiger partial charge in [-0.25, -0.2) is 0 Å². The summed E-state index contributed by atoms with van der Waals surface area (Å²) in [5, 5.41) is 3.19. The van der Waals surface area contributed by atoms with E-state index >= 15 is 0 Å². The molecule has 4 nitrogen and oxygen atoms in total. The topological polar surface area (TPSA) is 41.6 Å². The maximum Gasteiger partial charge on any atom is 0.242 e. The van der Waals surface area contributed by atoms with Gasteiger partial charge in [0.05, 0.1) is 13.2 Å². The summed E-state index contributed by atoms with van der Waals surface area (Å²) in [6.07, 6.45) is 0. The zero-order valence-corrected chi connectivity index (χ0v) is 12.9. The van der Waals surface area contributed by atoms with Crippen molar-refractivity contribution in [3.63, 3.8) is 0 Å². The summed E-state index contributed by atoms with van der Waals surface area (Å²) in [6.45, 7) is 4.55. The Kier molecular flexibility index (Phi) is 4.96. The van der Waals surface area contributed by atoms with E-state index in [9.17, 15) is 4.79 Å². The van der Waals surface area contributed by atoms with E-state index in [0.717, 1.165) is 16.6 Å². The van der Waals surface area contributed by atoms with Gasteiger partial charge < -0.3 is 15.0 Å². The van der Waals surface area contributed by atoms with Gasteiger partial charge in [-0.2, -0.15) is 0 Å². The van der Waals surface area contributed by atoms with Crippen LogP contribution >= 0.6 is 15.9 Å². The molecule has 1 aliphatic rings. The van der Waals surface area contributed by atoms with E-state index in [1.807, 2.05) is 13.1 Å². The summed E-state index contributed by atoms with van der Waals surface area (Å²) < 4.78 is 6.36. The Morgan fingerprint density at radius 2 is 2.37 bits per heavy atom. The van der Waals surface area contributed by atoms with E-state index in [1.165, 1.54) is 5.56 Å². The van der Waals surface area contributed by atoms with Crippen molar-refractivity contribution in [3.8, 4) is 0 Å². The first-order valence-electron chi connectivity index (χ1n) is 6.39. The number of amides is 1. The third-order valence-corrected chi connectivity index (χ3v) is 3.81. The summed E-state index contributed by atoms with van der Waals surface area (Å²) in [5.74, 6) is 0.0825. The Hall–Kier alpha value is -0.910. The summed E-state index contributed by atoms with van der Waals surface area (Å²) >= 11 is 3.46. The molecule has 19 heavy (non-hydrogen) atoms. The largest absolute Gasteiger partial charge is 0.378 e. The van der Waals surface area contributed by atoms with Crippen LogP contribution in [-0.2, 0) is 16.1 Å². The highest BCUT2D eigenvalue weighted by Crippen LogP contribution is 2.17. The Morgan fingerprint density at radius 3 is 3.05 bits per heavy atom. The van der Waals surface area contributed by atoms with E-state index in [-0.39, 0.29) is 11.9 Å². The summed E-state index contributed by atoms with van der Waals surface area (Å²) in [6, 6.07) is 5.91. The van der Waals surface area contributed by atoms with Crippen LogP contribution in [0.2, 0.25) is 0 Å². The van der Waals surface area contributed by atoms with Crippen molar-refractivity contribution in [1.82, 2.24) is 10.2 Å². The first-order chi connectivity index (χ1) is 9.08. The lowest BCUT2D eigenvalue weighted by atomic mass is 10.1. The number of halogens is 1. The molecule has 1 aromatic rings. The van der Waals surface area contributed by atoms with Crippen molar-refractivity contribution in [2.45, 2.75) is 19.5 Å². The lowest BCUT2D eigenvalue weighted by molar-refractivity contribution is -0.135. The predicted octanol–water partition coefficient (Wildman–Crippen LogP) is 1.70. The first-order valence-corrected chi connectivity index (χ1v) is 7.18. The van der Waals surface area contributed by atoms with Crippen LogP contribution in [0.15, 0.2) is 22.7 Å². The van der Waals surface area contributed by atoms with Gasteiger partial charge in [-0.15, -0.1) is 0 Å². The van der Waals surface area contributed by atoms with Crippen molar-refractivity contribution in [3.05, 3.63) is 33.8 Å². The molecule has 2 rings (SSSR count). The van der Waals surface area contributed by atoms with Crippen LogP contribution in [0.3, 0.4) is 0 Å². The van der Waals surface area contributed by atoms with Crippen molar-refractivity contribution >= 4 is 21.8 Å². The van der Waals surface area contributed by atoms with Crippen LogP contribution in [0, 0.1) is 6.92 Å². The fourth-order valence-corrected chi connectivity index (χ4v) is 2.54. The maximum absolute atomic E-state index is 12.3. The van der Waals surface area contributed by atoms with Gasteiger partial charge in [-0.05, 0) is 30.2 Å². The monoisotopic (exact) mass is 326 g/mol. The molecule has 0 radical (unpaired) electrons. The fraction of sp³-hybridized carbons (Fsp3) is 0.500. The number of carbonyl (C=O) groups excluding carboxylic acids is 1. The Labute approximate surface area is 122 Å². The van der Waals surface area contributed by atoms with E-state index in [1.54, 1.807) is 4.90 Å². The molecule has 5 heteroatoms. The van der Waals surface area contributed by atoms with Crippen LogP contribution in [0.5, 0.6) is 0 Å². The van der Waals surface area contributed by atoms with E-state index in [2.05, 4.69) is 40.3 Å². The Bertz CT molecular complexity index is 459. The number of aryl methyl sites for hydroxylation is 1. The lowest BCUT2D eigenvalue weighted by Gasteiger charge is -2.28. The number of likely N-dealkylation sites (N-methyl/N-ethyl adjacent to an activating group) is 1. The molecule has 1 aromatic carbocycles. The quantitative estimate of drug-likeness (QED) is 0.919. The van der Waals surface area contributed by atoms with E-state index in [4.69, 9.17) is 4.74 Å². The molecule has 0 saturated carbocycles. The summed E-state index contributed by atoms with van der Waals surface area (Å²) in [7, 11) is 1.83. The zero-order valence-electron chi connectivity index (χ0n) is 11.3. The number of rotatable bonds is 3. The molecular weight excluding hydrogens is 308 g/mol. The van der Waals surface area contributed by atoms with Crippen LogP contribution in [0.1, 0.15) is 11.1 Å². The molecule has 0 aliphatic carbocycles. The second-order valence-corrected chi connectivity index (χ2v) is 5.76. The maximum atomic E-state index is 12.3. The van der Waals surface area contributed by atoms with Gasteiger partial charge in [0.15, 0.2) is 0 Å². The van der Waals surface area contributed by atoms with Gasteiger partial charge in [-0.3, -0.25) is 4.79 Å². The molecule has 0 spiro atoms. The standard InChI is InChI=1S/C14H19BrN2O2/c1-10-3-4-12(15)7-11(10)8-17(2)14(18)13-9-19-6-5-16-13/h3-4,7,13,16H,5-6,8-9H2,1-2H3. The SMILES string of the molecule is Cc1ccc(Br)cc1CN(C)C(=O)C1COCCN1. The normalized spacial score (nSPS) is 19.2. The molecule has 1 aliphatic heterocycles. The minimum atomic E-state index is -0.216. The Morgan fingerprint density at radius 1 is 1.58 bits per heavy atom. The molecule has 1 heterocycles. The molecule has 1 saturated heterocycles. The third-order valence-electron chi connectivity index (χ3n) is 3.31. The van der Waals surface area contributed by atoms with E-state index in [0.29, 0.717) is 19.8 Å². The molecule has 1 atom stereocenters. The number of hydrogen-bond donors (Lipinski definition) is 1. The van der Waals surface area contributed by atoms with Crippen molar-refractivity contribution in [1.29, 1.82) is 0 Å². The molecule has 1 N–H and O–H groups in total. The molecular formula is C14H19BrN2O2. The van der Waals surface area contributed by atoms with Gasteiger partial charge >= 0.3 is 0 Å². The molecule has 0 bridgehead atoms. The number of benzene rings is 1. The van der Waals surface area contributed by atoms with Gasteiger partial charge in [-0.1, -0.05) is 22.0 Å². The smallest absolute Gasteiger partial charge is 0.242 e. The van der Waals surface area contributed by atoms with Crippen LogP contribution in [0.4, 0.5) is 0 Å². The van der Waals surface area contributed by atoms with Gasteiger partial charge in [0, 0.05) is 24.6 Å². The van der Waals surface area contributed by atoms with Gasteiger partial charge in [0.1, 0.15) is 6.04 Å². The fourth-order valence-electron chi connectivity index (χ4n) is 2.13. The van der Waals surface area contributed by atoms with E-state index < -0.39 is 0 Å². The number of morpholine rings is 1. The minimum absolute atomic E-state index is 0.0825. The second kappa shape index (κ2) is 6.50. The van der Waals surface area contributed by atoms with Crippen molar-refractivity contribution in [2.24, 2.45) is 0 Å². The predicted molar refractivity (Wildman–Crippen MR) is 78.0 cm³/mol. The number of carbonyl (C=O) groups is 1. The Balaban J connectivity index is 2.01.